The van der Waals surface area contributed by atoms with Crippen LogP contribution in [-0.2, 0) is 24.6 Å². The van der Waals surface area contributed by atoms with Gasteiger partial charge in [0.25, 0.3) is 0 Å². The highest BCUT2D eigenvalue weighted by Gasteiger charge is 2.41. The normalized spacial score (nSPS) is 19.7. The van der Waals surface area contributed by atoms with Gasteiger partial charge >= 0.3 is 11.9 Å². The molecule has 0 aliphatic carbocycles. The van der Waals surface area contributed by atoms with Gasteiger partial charge in [0, 0.05) is 17.7 Å². The second-order valence-corrected chi connectivity index (χ2v) is 5.10. The highest BCUT2D eigenvalue weighted by atomic mass is 16.5. The van der Waals surface area contributed by atoms with Crippen LogP contribution in [0.15, 0.2) is 29.3 Å². The number of fused-ring (bicyclic) bond motifs is 1. The number of nitrogens with zero attached hydrogens (tertiary/aromatic N) is 1. The molecular weight excluding hydrogens is 270 g/mol. The van der Waals surface area contributed by atoms with Gasteiger partial charge < -0.3 is 9.47 Å². The SMILES string of the molecule is COC(=O)CCC1(CC(=O)OC)N=C(C)c2ccccc21. The summed E-state index contributed by atoms with van der Waals surface area (Å²) < 4.78 is 9.49. The van der Waals surface area contributed by atoms with E-state index in [-0.39, 0.29) is 24.8 Å². The highest BCUT2D eigenvalue weighted by Crippen LogP contribution is 2.42. The molecule has 0 bridgehead atoms. The molecule has 0 radical (unpaired) electrons. The third-order valence-corrected chi connectivity index (χ3v) is 3.83. The monoisotopic (exact) mass is 289 g/mol. The van der Waals surface area contributed by atoms with E-state index < -0.39 is 5.54 Å². The summed E-state index contributed by atoms with van der Waals surface area (Å²) >= 11 is 0. The standard InChI is InChI=1S/C16H19NO4/c1-11-12-6-4-5-7-13(12)16(17-11,10-15(19)21-3)9-8-14(18)20-2/h4-7H,8-10H2,1-3H3. The number of carbonyl (C=O) groups is 2. The van der Waals surface area contributed by atoms with Crippen molar-refractivity contribution in [3.8, 4) is 0 Å². The molecule has 0 spiro atoms. The van der Waals surface area contributed by atoms with Crippen molar-refractivity contribution in [1.29, 1.82) is 0 Å². The van der Waals surface area contributed by atoms with Crippen molar-refractivity contribution in [3.63, 3.8) is 0 Å². The van der Waals surface area contributed by atoms with Gasteiger partial charge in [-0.25, -0.2) is 0 Å². The fraction of sp³-hybridized carbons (Fsp3) is 0.438. The number of hydrogen-bond acceptors (Lipinski definition) is 5. The first-order chi connectivity index (χ1) is 10.0. The zero-order valence-electron chi connectivity index (χ0n) is 12.5. The lowest BCUT2D eigenvalue weighted by molar-refractivity contribution is -0.144. The predicted molar refractivity (Wildman–Crippen MR) is 78.2 cm³/mol. The van der Waals surface area contributed by atoms with Crippen LogP contribution in [0.1, 0.15) is 37.3 Å². The number of ether oxygens (including phenoxy) is 2. The Morgan fingerprint density at radius 1 is 1.14 bits per heavy atom. The highest BCUT2D eigenvalue weighted by molar-refractivity contribution is 6.03. The summed E-state index contributed by atoms with van der Waals surface area (Å²) in [4.78, 5) is 28.0. The van der Waals surface area contributed by atoms with Crippen LogP contribution in [0.2, 0.25) is 0 Å². The number of aliphatic imine (C=N–C) groups is 1. The lowest BCUT2D eigenvalue weighted by atomic mass is 9.82. The van der Waals surface area contributed by atoms with E-state index in [0.717, 1.165) is 16.8 Å². The second kappa shape index (κ2) is 6.08. The minimum Gasteiger partial charge on any atom is -0.469 e. The third kappa shape index (κ3) is 2.96. The van der Waals surface area contributed by atoms with E-state index in [4.69, 9.17) is 14.5 Å². The Bertz CT molecular complexity index is 594. The van der Waals surface area contributed by atoms with Crippen molar-refractivity contribution >= 4 is 17.7 Å². The zero-order valence-corrected chi connectivity index (χ0v) is 12.5. The Balaban J connectivity index is 2.38. The Kier molecular flexibility index (Phi) is 4.40. The molecule has 2 rings (SSSR count). The number of rotatable bonds is 5. The smallest absolute Gasteiger partial charge is 0.308 e. The van der Waals surface area contributed by atoms with E-state index in [1.165, 1.54) is 14.2 Å². The molecule has 5 nitrogen and oxygen atoms in total. The van der Waals surface area contributed by atoms with Crippen LogP contribution in [0.3, 0.4) is 0 Å². The lowest BCUT2D eigenvalue weighted by Gasteiger charge is -2.26. The quantitative estimate of drug-likeness (QED) is 0.780. The third-order valence-electron chi connectivity index (χ3n) is 3.83. The van der Waals surface area contributed by atoms with Crippen molar-refractivity contribution < 1.29 is 19.1 Å². The van der Waals surface area contributed by atoms with Crippen molar-refractivity contribution in [2.45, 2.75) is 31.7 Å². The molecule has 1 aliphatic rings. The molecule has 1 atom stereocenters. The molecule has 1 unspecified atom stereocenters. The Hall–Kier alpha value is -2.17. The Morgan fingerprint density at radius 2 is 1.81 bits per heavy atom. The minimum atomic E-state index is -0.734. The molecule has 1 aromatic rings. The molecule has 0 saturated heterocycles. The molecule has 0 aromatic heterocycles. The molecular formula is C16H19NO4. The lowest BCUT2D eigenvalue weighted by Crippen LogP contribution is -2.27. The molecule has 0 N–H and O–H groups in total. The first kappa shape index (κ1) is 15.2. The maximum absolute atomic E-state index is 11.8. The van der Waals surface area contributed by atoms with Gasteiger partial charge in [-0.1, -0.05) is 24.3 Å². The Labute approximate surface area is 124 Å². The molecule has 1 heterocycles. The van der Waals surface area contributed by atoms with Gasteiger partial charge in [0.05, 0.1) is 26.2 Å². The fourth-order valence-corrected chi connectivity index (χ4v) is 2.78. The van der Waals surface area contributed by atoms with Gasteiger partial charge in [-0.2, -0.15) is 0 Å². The molecule has 0 saturated carbocycles. The number of carbonyl (C=O) groups excluding carboxylic acids is 2. The van der Waals surface area contributed by atoms with Crippen LogP contribution in [-0.4, -0.2) is 31.9 Å². The van der Waals surface area contributed by atoms with Crippen molar-refractivity contribution in [2.24, 2.45) is 4.99 Å². The van der Waals surface area contributed by atoms with Crippen LogP contribution in [0.25, 0.3) is 0 Å². The Morgan fingerprint density at radius 3 is 2.48 bits per heavy atom. The molecule has 0 amide bonds. The van der Waals surface area contributed by atoms with Crippen molar-refractivity contribution in [1.82, 2.24) is 0 Å². The number of methoxy groups -OCH3 is 2. The number of hydrogen-bond donors (Lipinski definition) is 0. The summed E-state index contributed by atoms with van der Waals surface area (Å²) in [7, 11) is 2.71. The first-order valence-corrected chi connectivity index (χ1v) is 6.82. The summed E-state index contributed by atoms with van der Waals surface area (Å²) in [5, 5.41) is 0. The molecule has 21 heavy (non-hydrogen) atoms. The summed E-state index contributed by atoms with van der Waals surface area (Å²) in [5.74, 6) is -0.649. The zero-order chi connectivity index (χ0) is 15.5. The van der Waals surface area contributed by atoms with E-state index in [9.17, 15) is 9.59 Å². The van der Waals surface area contributed by atoms with Crippen molar-refractivity contribution in [2.75, 3.05) is 14.2 Å². The topological polar surface area (TPSA) is 65.0 Å². The van der Waals surface area contributed by atoms with Gasteiger partial charge in [-0.3, -0.25) is 14.6 Å². The van der Waals surface area contributed by atoms with E-state index >= 15 is 0 Å². The maximum atomic E-state index is 11.8. The predicted octanol–water partition coefficient (Wildman–Crippen LogP) is 2.22. The first-order valence-electron chi connectivity index (χ1n) is 6.82. The molecule has 112 valence electrons. The fourth-order valence-electron chi connectivity index (χ4n) is 2.78. The van der Waals surface area contributed by atoms with Crippen LogP contribution in [0.4, 0.5) is 0 Å². The average molecular weight is 289 g/mol. The van der Waals surface area contributed by atoms with Crippen LogP contribution in [0, 0.1) is 0 Å². The van der Waals surface area contributed by atoms with Gasteiger partial charge in [0.2, 0.25) is 0 Å². The molecule has 1 aromatic carbocycles. The average Bonchev–Trinajstić information content (AvgIpc) is 2.78. The van der Waals surface area contributed by atoms with Gasteiger partial charge in [0.1, 0.15) is 0 Å². The van der Waals surface area contributed by atoms with E-state index in [2.05, 4.69) is 0 Å². The van der Waals surface area contributed by atoms with E-state index in [0.29, 0.717) is 6.42 Å². The van der Waals surface area contributed by atoms with E-state index in [1.54, 1.807) is 0 Å². The minimum absolute atomic E-state index is 0.120. The van der Waals surface area contributed by atoms with Crippen LogP contribution in [0.5, 0.6) is 0 Å². The maximum Gasteiger partial charge on any atom is 0.308 e. The molecule has 1 aliphatic heterocycles. The van der Waals surface area contributed by atoms with E-state index in [1.807, 2.05) is 31.2 Å². The second-order valence-electron chi connectivity index (χ2n) is 5.10. The molecule has 0 fully saturated rings. The van der Waals surface area contributed by atoms with Crippen LogP contribution < -0.4 is 0 Å². The largest absolute Gasteiger partial charge is 0.469 e. The summed E-state index contributed by atoms with van der Waals surface area (Å²) in [6, 6.07) is 7.78. The summed E-state index contributed by atoms with van der Waals surface area (Å²) in [5.41, 5.74) is 2.13. The van der Waals surface area contributed by atoms with Gasteiger partial charge in [0.15, 0.2) is 0 Å². The summed E-state index contributed by atoms with van der Waals surface area (Å²) in [6.45, 7) is 1.91. The number of esters is 2. The number of benzene rings is 1. The van der Waals surface area contributed by atoms with Crippen LogP contribution >= 0.6 is 0 Å². The molecule has 5 heteroatoms. The summed E-state index contributed by atoms with van der Waals surface area (Å²) in [6.07, 6.45) is 0.747. The van der Waals surface area contributed by atoms with Crippen molar-refractivity contribution in [3.05, 3.63) is 35.4 Å². The van der Waals surface area contributed by atoms with Gasteiger partial charge in [-0.15, -0.1) is 0 Å². The van der Waals surface area contributed by atoms with Gasteiger partial charge in [-0.05, 0) is 18.9 Å².